The zero-order valence-corrected chi connectivity index (χ0v) is 8.64. The number of benzene rings is 1. The molecule has 0 saturated carbocycles. The van der Waals surface area contributed by atoms with Crippen molar-refractivity contribution in [3.63, 3.8) is 0 Å². The van der Waals surface area contributed by atoms with Crippen molar-refractivity contribution >= 4 is 5.69 Å². The lowest BCUT2D eigenvalue weighted by Crippen LogP contribution is -2.42. The molecule has 1 saturated heterocycles. The predicted octanol–water partition coefficient (Wildman–Crippen LogP) is 0.534. The molecule has 0 aliphatic carbocycles. The third kappa shape index (κ3) is 2.12. The first-order valence-corrected chi connectivity index (χ1v) is 5.10. The lowest BCUT2D eigenvalue weighted by atomic mass is 10.0. The summed E-state index contributed by atoms with van der Waals surface area (Å²) in [5, 5.41) is 26.6. The van der Waals surface area contributed by atoms with E-state index in [0.717, 1.165) is 13.1 Å². The van der Waals surface area contributed by atoms with Crippen molar-refractivity contribution in [1.29, 1.82) is 0 Å². The van der Waals surface area contributed by atoms with Crippen LogP contribution in [-0.4, -0.2) is 29.7 Å². The third-order valence-corrected chi connectivity index (χ3v) is 2.62. The minimum atomic E-state index is -0.426. The molecule has 2 rings (SSSR count). The number of hydrogen-bond acceptors (Lipinski definition) is 5. The fourth-order valence-electron chi connectivity index (χ4n) is 1.86. The Morgan fingerprint density at radius 1 is 1.44 bits per heavy atom. The molecular weight excluding hydrogens is 210 g/mol. The van der Waals surface area contributed by atoms with Crippen LogP contribution in [0.4, 0.5) is 5.69 Å². The zero-order valence-electron chi connectivity index (χ0n) is 8.64. The molecule has 1 aliphatic rings. The van der Waals surface area contributed by atoms with E-state index in [9.17, 15) is 15.2 Å². The summed E-state index contributed by atoms with van der Waals surface area (Å²) in [5.41, 5.74) is 0.566. The second kappa shape index (κ2) is 4.46. The van der Waals surface area contributed by atoms with Crippen LogP contribution in [0.3, 0.4) is 0 Å². The summed E-state index contributed by atoms with van der Waals surface area (Å²) in [5.74, 6) is 0.0490. The van der Waals surface area contributed by atoms with Crippen molar-refractivity contribution in [2.75, 3.05) is 19.6 Å². The molecule has 86 valence electrons. The maximum Gasteiger partial charge on any atom is 0.274 e. The molecule has 0 amide bonds. The van der Waals surface area contributed by atoms with Gasteiger partial charge in [-0.25, -0.2) is 0 Å². The number of hydrogen-bond donors (Lipinski definition) is 3. The average molecular weight is 223 g/mol. The van der Waals surface area contributed by atoms with Gasteiger partial charge >= 0.3 is 0 Å². The highest BCUT2D eigenvalue weighted by Crippen LogP contribution is 2.28. The number of phenolic OH excluding ortho intramolecular Hbond substituents is 1. The van der Waals surface area contributed by atoms with Gasteiger partial charge in [-0.15, -0.1) is 0 Å². The fourth-order valence-corrected chi connectivity index (χ4v) is 1.86. The lowest BCUT2D eigenvalue weighted by molar-refractivity contribution is -0.385. The van der Waals surface area contributed by atoms with Crippen LogP contribution in [0, 0.1) is 10.1 Å². The van der Waals surface area contributed by atoms with E-state index in [-0.39, 0.29) is 17.5 Å². The molecule has 0 unspecified atom stereocenters. The fraction of sp³-hybridized carbons (Fsp3) is 0.400. The molecule has 0 radical (unpaired) electrons. The number of nitrogens with zero attached hydrogens (tertiary/aromatic N) is 1. The number of aromatic hydroxyl groups is 1. The monoisotopic (exact) mass is 223 g/mol. The second-order valence-electron chi connectivity index (χ2n) is 3.71. The van der Waals surface area contributed by atoms with Crippen molar-refractivity contribution in [3.05, 3.63) is 33.9 Å². The van der Waals surface area contributed by atoms with Crippen LogP contribution in [0.5, 0.6) is 5.75 Å². The molecule has 16 heavy (non-hydrogen) atoms. The Bertz CT molecular complexity index is 402. The highest BCUT2D eigenvalue weighted by molar-refractivity contribution is 5.47. The first-order valence-electron chi connectivity index (χ1n) is 5.10. The van der Waals surface area contributed by atoms with E-state index in [1.165, 1.54) is 18.2 Å². The number of phenols is 1. The van der Waals surface area contributed by atoms with Gasteiger partial charge in [-0.2, -0.15) is 0 Å². The van der Waals surface area contributed by atoms with Gasteiger partial charge in [0.05, 0.1) is 16.5 Å². The maximum atomic E-state index is 10.9. The lowest BCUT2D eigenvalue weighted by Gasteiger charge is -2.24. The van der Waals surface area contributed by atoms with Crippen LogP contribution in [0.1, 0.15) is 11.6 Å². The van der Waals surface area contributed by atoms with E-state index in [1.54, 1.807) is 0 Å². The molecule has 1 aromatic rings. The Labute approximate surface area is 92.4 Å². The van der Waals surface area contributed by atoms with Gasteiger partial charge in [0.15, 0.2) is 0 Å². The Balaban J connectivity index is 2.36. The van der Waals surface area contributed by atoms with Gasteiger partial charge in [0.2, 0.25) is 0 Å². The Morgan fingerprint density at radius 2 is 2.25 bits per heavy atom. The number of nitrogens with one attached hydrogen (secondary N) is 2. The van der Waals surface area contributed by atoms with Crippen LogP contribution < -0.4 is 10.6 Å². The molecule has 0 spiro atoms. The van der Waals surface area contributed by atoms with E-state index < -0.39 is 4.92 Å². The van der Waals surface area contributed by atoms with Crippen molar-refractivity contribution in [2.45, 2.75) is 6.04 Å². The van der Waals surface area contributed by atoms with Crippen molar-refractivity contribution in [2.24, 2.45) is 0 Å². The zero-order chi connectivity index (χ0) is 11.5. The molecule has 1 atom stereocenters. The Kier molecular flexibility index (Phi) is 3.02. The molecule has 3 N–H and O–H groups in total. The molecule has 1 aliphatic heterocycles. The summed E-state index contributed by atoms with van der Waals surface area (Å²) in [6.07, 6.45) is 0. The molecule has 6 heteroatoms. The molecule has 1 aromatic carbocycles. The first kappa shape index (κ1) is 10.8. The summed E-state index contributed by atoms with van der Waals surface area (Å²) < 4.78 is 0. The van der Waals surface area contributed by atoms with Crippen molar-refractivity contribution in [1.82, 2.24) is 10.6 Å². The minimum Gasteiger partial charge on any atom is -0.508 e. The second-order valence-corrected chi connectivity index (χ2v) is 3.71. The van der Waals surface area contributed by atoms with Gasteiger partial charge in [-0.1, -0.05) is 0 Å². The summed E-state index contributed by atoms with van der Waals surface area (Å²) in [4.78, 5) is 10.4. The van der Waals surface area contributed by atoms with Crippen LogP contribution in [0.2, 0.25) is 0 Å². The minimum absolute atomic E-state index is 0.0407. The van der Waals surface area contributed by atoms with Gasteiger partial charge < -0.3 is 15.7 Å². The van der Waals surface area contributed by atoms with Crippen LogP contribution >= 0.6 is 0 Å². The highest BCUT2D eigenvalue weighted by atomic mass is 16.6. The van der Waals surface area contributed by atoms with Gasteiger partial charge in [-0.05, 0) is 12.1 Å². The van der Waals surface area contributed by atoms with Crippen LogP contribution in [0.25, 0.3) is 0 Å². The number of nitro groups is 1. The SMILES string of the molecule is O=[N+]([O-])c1ccc(O)cc1[C@@H]1CNCCN1. The van der Waals surface area contributed by atoms with E-state index in [2.05, 4.69) is 10.6 Å². The van der Waals surface area contributed by atoms with Crippen LogP contribution in [-0.2, 0) is 0 Å². The van der Waals surface area contributed by atoms with E-state index in [1.807, 2.05) is 0 Å². The molecule has 0 aromatic heterocycles. The van der Waals surface area contributed by atoms with Gasteiger partial charge in [0.1, 0.15) is 5.75 Å². The van der Waals surface area contributed by atoms with Crippen molar-refractivity contribution < 1.29 is 10.0 Å². The summed E-state index contributed by atoms with van der Waals surface area (Å²) in [6.45, 7) is 2.24. The predicted molar refractivity (Wildman–Crippen MR) is 58.4 cm³/mol. The highest BCUT2D eigenvalue weighted by Gasteiger charge is 2.23. The topological polar surface area (TPSA) is 87.4 Å². The third-order valence-electron chi connectivity index (χ3n) is 2.62. The Hall–Kier alpha value is -1.66. The Morgan fingerprint density at radius 3 is 2.88 bits per heavy atom. The smallest absolute Gasteiger partial charge is 0.274 e. The molecule has 1 heterocycles. The molecular formula is C10H13N3O3. The standard InChI is InChI=1S/C10H13N3O3/c14-7-1-2-10(13(15)16)8(5-7)9-6-11-3-4-12-9/h1-2,5,9,11-12,14H,3-4,6H2/t9-/m0/s1. The number of nitro benzene ring substituents is 1. The van der Waals surface area contributed by atoms with Gasteiger partial charge in [0.25, 0.3) is 5.69 Å². The van der Waals surface area contributed by atoms with Gasteiger partial charge in [-0.3, -0.25) is 10.1 Å². The van der Waals surface area contributed by atoms with Crippen LogP contribution in [0.15, 0.2) is 18.2 Å². The molecule has 1 fully saturated rings. The normalized spacial score (nSPS) is 20.6. The van der Waals surface area contributed by atoms with E-state index in [4.69, 9.17) is 0 Å². The van der Waals surface area contributed by atoms with E-state index in [0.29, 0.717) is 12.1 Å². The van der Waals surface area contributed by atoms with E-state index >= 15 is 0 Å². The maximum absolute atomic E-state index is 10.9. The van der Waals surface area contributed by atoms with Crippen molar-refractivity contribution in [3.8, 4) is 5.75 Å². The largest absolute Gasteiger partial charge is 0.508 e. The summed E-state index contributed by atoms with van der Waals surface area (Å²) in [6, 6.07) is 3.99. The first-order chi connectivity index (χ1) is 7.68. The number of rotatable bonds is 2. The molecule has 0 bridgehead atoms. The quantitative estimate of drug-likeness (QED) is 0.503. The summed E-state index contributed by atoms with van der Waals surface area (Å²) in [7, 11) is 0. The van der Waals surface area contributed by atoms with Gasteiger partial charge in [0, 0.05) is 25.7 Å². The number of piperazine rings is 1. The average Bonchev–Trinajstić information content (AvgIpc) is 2.29. The summed E-state index contributed by atoms with van der Waals surface area (Å²) >= 11 is 0. The molecule has 6 nitrogen and oxygen atoms in total.